The molecular weight excluding hydrogens is 357 g/mol. The van der Waals surface area contributed by atoms with Crippen LogP contribution >= 0.6 is 0 Å². The third-order valence-electron chi connectivity index (χ3n) is 2.83. The van der Waals surface area contributed by atoms with E-state index in [4.69, 9.17) is 0 Å². The molecule has 10 heteroatoms. The maximum absolute atomic E-state index is 13.5. The molecule has 0 atom stereocenters. The van der Waals surface area contributed by atoms with Gasteiger partial charge in [0.25, 0.3) is 0 Å². The monoisotopic (exact) mass is 367 g/mol. The highest BCUT2D eigenvalue weighted by molar-refractivity contribution is 7.89. The number of ether oxygens (including phenoxy) is 1. The number of nitrogens with one attached hydrogen (secondary N) is 1. The van der Waals surface area contributed by atoms with Crippen molar-refractivity contribution in [3.05, 3.63) is 59.7 Å². The summed E-state index contributed by atoms with van der Waals surface area (Å²) in [4.78, 5) is -0.821. The van der Waals surface area contributed by atoms with E-state index in [2.05, 4.69) is 4.74 Å². The maximum Gasteiger partial charge on any atom is 0.573 e. The topological polar surface area (TPSA) is 55.4 Å². The van der Waals surface area contributed by atoms with Crippen molar-refractivity contribution in [3.63, 3.8) is 0 Å². The Hall–Kier alpha value is -2.20. The maximum atomic E-state index is 13.5. The summed E-state index contributed by atoms with van der Waals surface area (Å²) in [5.74, 6) is -2.87. The van der Waals surface area contributed by atoms with Crippen molar-refractivity contribution in [2.45, 2.75) is 17.8 Å². The zero-order valence-electron chi connectivity index (χ0n) is 11.8. The first-order valence-electron chi connectivity index (χ1n) is 6.37. The van der Waals surface area contributed by atoms with E-state index in [0.29, 0.717) is 12.1 Å². The van der Waals surface area contributed by atoms with Crippen molar-refractivity contribution in [2.24, 2.45) is 0 Å². The van der Waals surface area contributed by atoms with Crippen LogP contribution in [0.5, 0.6) is 5.75 Å². The summed E-state index contributed by atoms with van der Waals surface area (Å²) >= 11 is 0. The number of hydrogen-bond acceptors (Lipinski definition) is 3. The summed E-state index contributed by atoms with van der Waals surface area (Å²) < 4.78 is 93.0. The molecule has 0 saturated carbocycles. The van der Waals surface area contributed by atoms with Crippen LogP contribution in [0.1, 0.15) is 5.56 Å². The number of sulfonamides is 1. The number of halogens is 5. The van der Waals surface area contributed by atoms with E-state index in [0.717, 1.165) is 12.1 Å². The molecule has 0 aliphatic carbocycles. The Balaban J connectivity index is 2.21. The van der Waals surface area contributed by atoms with Crippen LogP contribution in [-0.2, 0) is 16.6 Å². The van der Waals surface area contributed by atoms with Gasteiger partial charge >= 0.3 is 6.36 Å². The Morgan fingerprint density at radius 1 is 1.04 bits per heavy atom. The number of alkyl halides is 3. The zero-order valence-corrected chi connectivity index (χ0v) is 12.6. The zero-order chi connectivity index (χ0) is 18.0. The van der Waals surface area contributed by atoms with Crippen LogP contribution in [0.25, 0.3) is 0 Å². The molecule has 0 unspecified atom stereocenters. The molecule has 0 aliphatic heterocycles. The van der Waals surface area contributed by atoms with E-state index in [-0.39, 0.29) is 5.56 Å². The van der Waals surface area contributed by atoms with Gasteiger partial charge in [0.2, 0.25) is 10.0 Å². The molecule has 2 aromatic rings. The second kappa shape index (κ2) is 6.73. The number of rotatable bonds is 5. The second-order valence-corrected chi connectivity index (χ2v) is 6.29. The molecule has 0 aromatic heterocycles. The van der Waals surface area contributed by atoms with Crippen LogP contribution < -0.4 is 9.46 Å². The Labute approximate surface area is 133 Å². The van der Waals surface area contributed by atoms with Gasteiger partial charge in [0, 0.05) is 18.2 Å². The molecule has 130 valence electrons. The molecule has 1 N–H and O–H groups in total. The standard InChI is InChI=1S/C14H10F5NO3S/c15-10-5-6-13(11(16)7-10)24(21,22)20-8-9-3-1-2-4-12(9)23-14(17,18)19/h1-7,20H,8H2. The van der Waals surface area contributed by atoms with Crippen molar-refractivity contribution in [1.29, 1.82) is 0 Å². The number of hydrogen-bond donors (Lipinski definition) is 1. The van der Waals surface area contributed by atoms with Crippen LogP contribution in [0.2, 0.25) is 0 Å². The van der Waals surface area contributed by atoms with Crippen LogP contribution in [0.4, 0.5) is 22.0 Å². The molecule has 2 aromatic carbocycles. The number of benzene rings is 2. The van der Waals surface area contributed by atoms with Crippen LogP contribution in [0, 0.1) is 11.6 Å². The Morgan fingerprint density at radius 2 is 1.71 bits per heavy atom. The SMILES string of the molecule is O=S(=O)(NCc1ccccc1OC(F)(F)F)c1ccc(F)cc1F. The molecule has 0 spiro atoms. The highest BCUT2D eigenvalue weighted by Crippen LogP contribution is 2.26. The molecular formula is C14H10F5NO3S. The third kappa shape index (κ3) is 4.65. The Bertz CT molecular complexity index is 837. The van der Waals surface area contributed by atoms with E-state index >= 15 is 0 Å². The van der Waals surface area contributed by atoms with E-state index in [1.807, 2.05) is 4.72 Å². The lowest BCUT2D eigenvalue weighted by molar-refractivity contribution is -0.274. The van der Waals surface area contributed by atoms with E-state index < -0.39 is 45.2 Å². The largest absolute Gasteiger partial charge is 0.573 e. The lowest BCUT2D eigenvalue weighted by atomic mass is 10.2. The van der Waals surface area contributed by atoms with E-state index in [1.54, 1.807) is 0 Å². The van der Waals surface area contributed by atoms with Crippen LogP contribution in [-0.4, -0.2) is 14.8 Å². The average Bonchev–Trinajstić information content (AvgIpc) is 2.44. The summed E-state index contributed by atoms with van der Waals surface area (Å²) in [7, 11) is -4.39. The van der Waals surface area contributed by atoms with E-state index in [1.165, 1.54) is 18.2 Å². The summed E-state index contributed by atoms with van der Waals surface area (Å²) in [6.07, 6.45) is -4.95. The molecule has 2 rings (SSSR count). The fourth-order valence-electron chi connectivity index (χ4n) is 1.82. The first-order valence-corrected chi connectivity index (χ1v) is 7.85. The summed E-state index contributed by atoms with van der Waals surface area (Å²) in [6.45, 7) is -0.578. The molecule has 0 saturated heterocycles. The minimum Gasteiger partial charge on any atom is -0.405 e. The lowest BCUT2D eigenvalue weighted by Crippen LogP contribution is -2.25. The highest BCUT2D eigenvalue weighted by atomic mass is 32.2. The van der Waals surface area contributed by atoms with Gasteiger partial charge in [0.1, 0.15) is 22.3 Å². The predicted molar refractivity (Wildman–Crippen MR) is 73.5 cm³/mol. The fraction of sp³-hybridized carbons (Fsp3) is 0.143. The van der Waals surface area contributed by atoms with Gasteiger partial charge in [-0.25, -0.2) is 21.9 Å². The second-order valence-electron chi connectivity index (χ2n) is 4.55. The molecule has 0 aliphatic rings. The van der Waals surface area contributed by atoms with Crippen LogP contribution in [0.3, 0.4) is 0 Å². The summed E-state index contributed by atoms with van der Waals surface area (Å²) in [5.41, 5.74) is -0.110. The third-order valence-corrected chi connectivity index (χ3v) is 4.27. The van der Waals surface area contributed by atoms with Crippen molar-refractivity contribution in [2.75, 3.05) is 0 Å². The fourth-order valence-corrected chi connectivity index (χ4v) is 2.88. The Morgan fingerprint density at radius 3 is 2.33 bits per heavy atom. The van der Waals surface area contributed by atoms with Gasteiger partial charge in [0.05, 0.1) is 0 Å². The van der Waals surface area contributed by atoms with E-state index in [9.17, 15) is 30.4 Å². The molecule has 0 bridgehead atoms. The highest BCUT2D eigenvalue weighted by Gasteiger charge is 2.32. The molecule has 0 fully saturated rings. The molecule has 0 radical (unpaired) electrons. The van der Waals surface area contributed by atoms with Crippen molar-refractivity contribution in [1.82, 2.24) is 4.72 Å². The summed E-state index contributed by atoms with van der Waals surface area (Å²) in [5, 5.41) is 0. The van der Waals surface area contributed by atoms with Gasteiger partial charge in [-0.15, -0.1) is 13.2 Å². The van der Waals surface area contributed by atoms with Gasteiger partial charge in [-0.05, 0) is 18.2 Å². The van der Waals surface area contributed by atoms with Crippen molar-refractivity contribution < 1.29 is 35.1 Å². The lowest BCUT2D eigenvalue weighted by Gasteiger charge is -2.14. The molecule has 0 heterocycles. The molecule has 4 nitrogen and oxygen atoms in total. The van der Waals surface area contributed by atoms with Gasteiger partial charge < -0.3 is 4.74 Å². The minimum atomic E-state index is -4.95. The quantitative estimate of drug-likeness (QED) is 0.825. The van der Waals surface area contributed by atoms with Crippen LogP contribution in [0.15, 0.2) is 47.4 Å². The predicted octanol–water partition coefficient (Wildman–Crippen LogP) is 3.34. The Kier molecular flexibility index (Phi) is 5.09. The van der Waals surface area contributed by atoms with Crippen molar-refractivity contribution in [3.8, 4) is 5.75 Å². The van der Waals surface area contributed by atoms with Gasteiger partial charge in [0.15, 0.2) is 0 Å². The molecule has 24 heavy (non-hydrogen) atoms. The van der Waals surface area contributed by atoms with Gasteiger partial charge in [-0.3, -0.25) is 0 Å². The summed E-state index contributed by atoms with van der Waals surface area (Å²) in [6, 6.07) is 6.73. The van der Waals surface area contributed by atoms with Gasteiger partial charge in [-0.2, -0.15) is 0 Å². The minimum absolute atomic E-state index is 0.110. The van der Waals surface area contributed by atoms with Crippen molar-refractivity contribution >= 4 is 10.0 Å². The average molecular weight is 367 g/mol. The van der Waals surface area contributed by atoms with Gasteiger partial charge in [-0.1, -0.05) is 18.2 Å². The number of para-hydroxylation sites is 1. The first kappa shape index (κ1) is 18.1. The first-order chi connectivity index (χ1) is 11.1. The molecule has 0 amide bonds. The normalized spacial score (nSPS) is 12.2. The smallest absolute Gasteiger partial charge is 0.405 e.